The Morgan fingerprint density at radius 3 is 3.04 bits per heavy atom. The predicted octanol–water partition coefficient (Wildman–Crippen LogP) is 3.86. The second-order valence-electron chi connectivity index (χ2n) is 7.10. The van der Waals surface area contributed by atoms with E-state index in [1.54, 1.807) is 19.2 Å². The van der Waals surface area contributed by atoms with Gasteiger partial charge in [0, 0.05) is 19.6 Å². The van der Waals surface area contributed by atoms with Crippen molar-refractivity contribution in [2.75, 3.05) is 32.1 Å². The molecule has 0 bridgehead atoms. The molecule has 1 amide bonds. The summed E-state index contributed by atoms with van der Waals surface area (Å²) in [7, 11) is 1.57. The number of nitrogens with one attached hydrogen (secondary N) is 1. The molecule has 2 aromatic carbocycles. The van der Waals surface area contributed by atoms with Gasteiger partial charge in [0.2, 0.25) is 0 Å². The van der Waals surface area contributed by atoms with Gasteiger partial charge < -0.3 is 19.4 Å². The van der Waals surface area contributed by atoms with Crippen molar-refractivity contribution < 1.29 is 18.3 Å². The van der Waals surface area contributed by atoms with Crippen LogP contribution in [0.25, 0.3) is 11.1 Å². The number of para-hydroxylation sites is 1. The fourth-order valence-corrected chi connectivity index (χ4v) is 3.57. The number of likely N-dealkylation sites (tertiary alicyclic amines) is 1. The first-order valence-electron chi connectivity index (χ1n) is 9.28. The van der Waals surface area contributed by atoms with Crippen LogP contribution in [0.2, 0.25) is 0 Å². The molecule has 0 spiro atoms. The van der Waals surface area contributed by atoms with Crippen molar-refractivity contribution in [2.45, 2.75) is 13.3 Å². The maximum atomic E-state index is 13.7. The van der Waals surface area contributed by atoms with Crippen LogP contribution in [0.3, 0.4) is 0 Å². The molecule has 1 fully saturated rings. The van der Waals surface area contributed by atoms with E-state index in [4.69, 9.17) is 9.15 Å². The lowest BCUT2D eigenvalue weighted by Gasteiger charge is -2.18. The number of carbonyl (C=O) groups excluding carboxylic acids is 1. The number of nitrogens with zero attached hydrogens (tertiary/aromatic N) is 2. The summed E-state index contributed by atoms with van der Waals surface area (Å²) in [5.41, 5.74) is 2.24. The van der Waals surface area contributed by atoms with Crippen molar-refractivity contribution in [2.24, 2.45) is 5.92 Å². The minimum atomic E-state index is -0.428. The molecule has 0 saturated carbocycles. The highest BCUT2D eigenvalue weighted by Crippen LogP contribution is 2.26. The number of carbonyl (C=O) groups is 1. The molecule has 1 N–H and O–H groups in total. The van der Waals surface area contributed by atoms with Crippen molar-refractivity contribution in [1.82, 2.24) is 9.88 Å². The van der Waals surface area contributed by atoms with E-state index in [2.05, 4.69) is 10.3 Å². The summed E-state index contributed by atoms with van der Waals surface area (Å²) in [6.07, 6.45) is 0.876. The van der Waals surface area contributed by atoms with E-state index in [1.165, 1.54) is 6.07 Å². The minimum absolute atomic E-state index is 0.0213. The summed E-state index contributed by atoms with van der Waals surface area (Å²) in [5.74, 6) is 0.403. The number of halogens is 1. The van der Waals surface area contributed by atoms with Gasteiger partial charge in [0.25, 0.3) is 11.9 Å². The number of ether oxygens (including phenoxy) is 1. The van der Waals surface area contributed by atoms with E-state index in [-0.39, 0.29) is 17.4 Å². The molecule has 4 rings (SSSR count). The third-order valence-corrected chi connectivity index (χ3v) is 5.07. The number of oxazole rings is 1. The summed E-state index contributed by atoms with van der Waals surface area (Å²) in [4.78, 5) is 19.0. The number of fused-ring (bicyclic) bond motifs is 1. The quantitative estimate of drug-likeness (QED) is 0.725. The van der Waals surface area contributed by atoms with Crippen LogP contribution in [0, 0.1) is 18.7 Å². The first-order chi connectivity index (χ1) is 13.5. The number of amides is 1. The molecule has 1 aliphatic rings. The zero-order valence-electron chi connectivity index (χ0n) is 15.9. The molecule has 1 saturated heterocycles. The zero-order valence-corrected chi connectivity index (χ0v) is 15.9. The number of rotatable bonds is 5. The third-order valence-electron chi connectivity index (χ3n) is 5.07. The van der Waals surface area contributed by atoms with Gasteiger partial charge >= 0.3 is 0 Å². The molecule has 7 heteroatoms. The van der Waals surface area contributed by atoms with Gasteiger partial charge in [-0.1, -0.05) is 17.7 Å². The Bertz CT molecular complexity index is 1020. The Morgan fingerprint density at radius 2 is 2.25 bits per heavy atom. The Morgan fingerprint density at radius 1 is 1.39 bits per heavy atom. The lowest BCUT2D eigenvalue weighted by Crippen LogP contribution is -2.30. The average Bonchev–Trinajstić information content (AvgIpc) is 3.33. The Balaban J connectivity index is 1.39. The van der Waals surface area contributed by atoms with E-state index in [0.29, 0.717) is 42.5 Å². The first-order valence-corrected chi connectivity index (χ1v) is 9.28. The Kier molecular flexibility index (Phi) is 4.90. The lowest BCUT2D eigenvalue weighted by molar-refractivity contribution is 0.0784. The van der Waals surface area contributed by atoms with Crippen LogP contribution in [-0.2, 0) is 0 Å². The van der Waals surface area contributed by atoms with Crippen molar-refractivity contribution in [3.05, 3.63) is 53.3 Å². The first kappa shape index (κ1) is 18.3. The number of benzene rings is 2. The Hall–Kier alpha value is -3.09. The van der Waals surface area contributed by atoms with Crippen LogP contribution in [0.5, 0.6) is 5.75 Å². The van der Waals surface area contributed by atoms with E-state index in [9.17, 15) is 9.18 Å². The normalized spacial score (nSPS) is 16.5. The number of hydrogen-bond acceptors (Lipinski definition) is 5. The average molecular weight is 383 g/mol. The maximum absolute atomic E-state index is 13.7. The van der Waals surface area contributed by atoms with E-state index in [1.807, 2.05) is 30.0 Å². The lowest BCUT2D eigenvalue weighted by atomic mass is 10.1. The van der Waals surface area contributed by atoms with Gasteiger partial charge in [-0.15, -0.1) is 0 Å². The van der Waals surface area contributed by atoms with Gasteiger partial charge in [-0.05, 0) is 43.5 Å². The summed E-state index contributed by atoms with van der Waals surface area (Å²) in [5, 5.41) is 3.13. The van der Waals surface area contributed by atoms with Gasteiger partial charge in [0.15, 0.2) is 11.4 Å². The van der Waals surface area contributed by atoms with Crippen molar-refractivity contribution in [1.29, 1.82) is 0 Å². The van der Waals surface area contributed by atoms with Gasteiger partial charge in [0.1, 0.15) is 11.3 Å². The predicted molar refractivity (Wildman–Crippen MR) is 104 cm³/mol. The second kappa shape index (κ2) is 7.50. The second-order valence-corrected chi connectivity index (χ2v) is 7.10. The van der Waals surface area contributed by atoms with Crippen LogP contribution >= 0.6 is 0 Å². The summed E-state index contributed by atoms with van der Waals surface area (Å²) in [6, 6.07) is 10.6. The summed E-state index contributed by atoms with van der Waals surface area (Å²) >= 11 is 0. The Labute approximate surface area is 162 Å². The van der Waals surface area contributed by atoms with Crippen molar-refractivity contribution >= 4 is 23.0 Å². The van der Waals surface area contributed by atoms with Gasteiger partial charge in [-0.2, -0.15) is 4.98 Å². The topological polar surface area (TPSA) is 67.6 Å². The molecule has 3 aromatic rings. The highest BCUT2D eigenvalue weighted by molar-refractivity contribution is 5.97. The fourth-order valence-electron chi connectivity index (χ4n) is 3.57. The largest absolute Gasteiger partial charge is 0.496 e. The van der Waals surface area contributed by atoms with E-state index < -0.39 is 5.82 Å². The third kappa shape index (κ3) is 3.52. The van der Waals surface area contributed by atoms with Gasteiger partial charge in [-0.3, -0.25) is 4.79 Å². The molecule has 6 nitrogen and oxygen atoms in total. The van der Waals surface area contributed by atoms with Gasteiger partial charge in [0.05, 0.1) is 12.7 Å². The van der Waals surface area contributed by atoms with Crippen LogP contribution in [0.1, 0.15) is 22.3 Å². The van der Waals surface area contributed by atoms with E-state index >= 15 is 0 Å². The number of hydrogen-bond donors (Lipinski definition) is 1. The summed E-state index contributed by atoms with van der Waals surface area (Å²) < 4.78 is 24.5. The highest BCUT2D eigenvalue weighted by atomic mass is 19.1. The van der Waals surface area contributed by atoms with Crippen molar-refractivity contribution in [3.8, 4) is 5.75 Å². The molecule has 1 atom stereocenters. The molecular weight excluding hydrogens is 361 g/mol. The molecule has 28 heavy (non-hydrogen) atoms. The molecule has 0 aliphatic carbocycles. The zero-order chi connectivity index (χ0) is 19.7. The highest BCUT2D eigenvalue weighted by Gasteiger charge is 2.28. The molecule has 146 valence electrons. The maximum Gasteiger partial charge on any atom is 0.295 e. The van der Waals surface area contributed by atoms with Crippen LogP contribution in [0.15, 0.2) is 40.8 Å². The molecule has 1 unspecified atom stereocenters. The molecule has 1 aromatic heterocycles. The molecule has 1 aliphatic heterocycles. The molecule has 2 heterocycles. The number of aromatic nitrogens is 1. The summed E-state index contributed by atoms with van der Waals surface area (Å²) in [6.45, 7) is 3.88. The smallest absolute Gasteiger partial charge is 0.295 e. The number of methoxy groups -OCH3 is 1. The number of anilines is 1. The molecular formula is C21H22FN3O3. The van der Waals surface area contributed by atoms with Gasteiger partial charge in [-0.25, -0.2) is 4.39 Å². The number of aryl methyl sites for hydroxylation is 1. The van der Waals surface area contributed by atoms with Crippen molar-refractivity contribution in [3.63, 3.8) is 0 Å². The van der Waals surface area contributed by atoms with E-state index in [0.717, 1.165) is 12.0 Å². The standard InChI is InChI=1S/C21H22FN3O3/c1-13-6-7-18(27-2)15(10-13)20(26)25-9-8-14(12-25)11-23-21-24-17-5-3-4-16(22)19(17)28-21/h3-7,10,14H,8-9,11-12H2,1-2H3,(H,23,24). The SMILES string of the molecule is COc1ccc(C)cc1C(=O)N1CCC(CNc2nc3cccc(F)c3o2)C1. The fraction of sp³-hybridized carbons (Fsp3) is 0.333. The van der Waals surface area contributed by atoms with Crippen LogP contribution < -0.4 is 10.1 Å². The minimum Gasteiger partial charge on any atom is -0.496 e. The molecule has 0 radical (unpaired) electrons. The van der Waals surface area contributed by atoms with Crippen LogP contribution in [0.4, 0.5) is 10.4 Å². The monoisotopic (exact) mass is 383 g/mol. The van der Waals surface area contributed by atoms with Crippen LogP contribution in [-0.4, -0.2) is 42.5 Å².